The van der Waals surface area contributed by atoms with Crippen molar-refractivity contribution in [1.82, 2.24) is 9.78 Å². The van der Waals surface area contributed by atoms with Gasteiger partial charge in [0, 0.05) is 42.1 Å². The summed E-state index contributed by atoms with van der Waals surface area (Å²) in [5, 5.41) is 8.35. The van der Waals surface area contributed by atoms with E-state index in [2.05, 4.69) is 10.4 Å². The van der Waals surface area contributed by atoms with Gasteiger partial charge in [0.15, 0.2) is 0 Å². The van der Waals surface area contributed by atoms with Gasteiger partial charge in [0.05, 0.1) is 17.4 Å². The molecule has 0 fully saturated rings. The largest absolute Gasteiger partial charge is 0.399 e. The summed E-state index contributed by atoms with van der Waals surface area (Å²) in [6, 6.07) is 20.8. The number of anilines is 3. The Labute approximate surface area is 163 Å². The lowest BCUT2D eigenvalue weighted by atomic mass is 10.1. The Hall–Kier alpha value is -3.80. The van der Waals surface area contributed by atoms with Crippen LogP contribution in [-0.2, 0) is 0 Å². The van der Waals surface area contributed by atoms with Crippen LogP contribution in [0.5, 0.6) is 0 Å². The van der Waals surface area contributed by atoms with Crippen molar-refractivity contribution in [1.29, 1.82) is 0 Å². The van der Waals surface area contributed by atoms with Gasteiger partial charge in [-0.2, -0.15) is 5.10 Å². The van der Waals surface area contributed by atoms with Crippen LogP contribution in [-0.4, -0.2) is 29.8 Å². The third kappa shape index (κ3) is 3.40. The third-order valence-corrected chi connectivity index (χ3v) is 4.61. The molecule has 3 aromatic carbocycles. The van der Waals surface area contributed by atoms with E-state index in [0.717, 1.165) is 28.0 Å². The van der Waals surface area contributed by atoms with Crippen molar-refractivity contribution < 1.29 is 4.79 Å². The Morgan fingerprint density at radius 2 is 1.71 bits per heavy atom. The van der Waals surface area contributed by atoms with Crippen LogP contribution in [0.2, 0.25) is 0 Å². The fourth-order valence-electron chi connectivity index (χ4n) is 3.05. The molecular weight excluding hydrogens is 350 g/mol. The monoisotopic (exact) mass is 371 g/mol. The molecule has 1 aromatic heterocycles. The molecule has 0 saturated heterocycles. The number of aromatic nitrogens is 2. The highest BCUT2D eigenvalue weighted by molar-refractivity contribution is 6.05. The first kappa shape index (κ1) is 17.6. The van der Waals surface area contributed by atoms with Gasteiger partial charge >= 0.3 is 0 Å². The zero-order valence-corrected chi connectivity index (χ0v) is 15.8. The molecule has 0 aliphatic rings. The van der Waals surface area contributed by atoms with E-state index in [1.807, 2.05) is 90.4 Å². The number of carbonyl (C=O) groups is 1. The normalized spacial score (nSPS) is 10.8. The first-order valence-corrected chi connectivity index (χ1v) is 8.94. The molecule has 4 rings (SSSR count). The summed E-state index contributed by atoms with van der Waals surface area (Å²) in [5.41, 5.74) is 10.7. The molecule has 1 amide bonds. The quantitative estimate of drug-likeness (QED) is 0.533. The zero-order valence-electron chi connectivity index (χ0n) is 15.8. The first-order valence-electron chi connectivity index (χ1n) is 8.94. The summed E-state index contributed by atoms with van der Waals surface area (Å²) in [6.07, 6.45) is 1.78. The number of nitrogen functional groups attached to an aromatic ring is 1. The van der Waals surface area contributed by atoms with E-state index in [4.69, 9.17) is 5.73 Å². The highest BCUT2D eigenvalue weighted by Gasteiger charge is 2.09. The molecule has 4 aromatic rings. The lowest BCUT2D eigenvalue weighted by molar-refractivity contribution is 0.102. The van der Waals surface area contributed by atoms with Gasteiger partial charge in [-0.25, -0.2) is 4.68 Å². The minimum atomic E-state index is -0.143. The van der Waals surface area contributed by atoms with Gasteiger partial charge in [0.2, 0.25) is 0 Å². The number of carbonyl (C=O) groups excluding carboxylic acids is 1. The third-order valence-electron chi connectivity index (χ3n) is 4.61. The second-order valence-corrected chi connectivity index (χ2v) is 6.82. The number of amides is 1. The van der Waals surface area contributed by atoms with E-state index >= 15 is 0 Å². The Morgan fingerprint density at radius 3 is 2.39 bits per heavy atom. The average Bonchev–Trinajstić information content (AvgIpc) is 3.12. The summed E-state index contributed by atoms with van der Waals surface area (Å²) in [5.74, 6) is -0.143. The fourth-order valence-corrected chi connectivity index (χ4v) is 3.05. The molecule has 0 bridgehead atoms. The van der Waals surface area contributed by atoms with Gasteiger partial charge in [0.25, 0.3) is 5.91 Å². The summed E-state index contributed by atoms with van der Waals surface area (Å²) < 4.78 is 1.85. The van der Waals surface area contributed by atoms with Crippen LogP contribution in [0.15, 0.2) is 72.9 Å². The van der Waals surface area contributed by atoms with Crippen molar-refractivity contribution in [2.45, 2.75) is 0 Å². The maximum absolute atomic E-state index is 12.5. The van der Waals surface area contributed by atoms with Crippen LogP contribution in [0.4, 0.5) is 17.1 Å². The van der Waals surface area contributed by atoms with Crippen molar-refractivity contribution in [2.24, 2.45) is 0 Å². The van der Waals surface area contributed by atoms with Crippen LogP contribution in [0.1, 0.15) is 10.4 Å². The minimum Gasteiger partial charge on any atom is -0.399 e. The first-order chi connectivity index (χ1) is 13.5. The summed E-state index contributed by atoms with van der Waals surface area (Å²) in [6.45, 7) is 0. The summed E-state index contributed by atoms with van der Waals surface area (Å²) in [4.78, 5) is 14.5. The Kier molecular flexibility index (Phi) is 4.45. The number of nitrogens with one attached hydrogen (secondary N) is 1. The number of rotatable bonds is 4. The second-order valence-electron chi connectivity index (χ2n) is 6.82. The average molecular weight is 371 g/mol. The van der Waals surface area contributed by atoms with Crippen molar-refractivity contribution in [3.8, 4) is 5.69 Å². The number of nitrogens with zero attached hydrogens (tertiary/aromatic N) is 3. The van der Waals surface area contributed by atoms with Crippen molar-refractivity contribution in [2.75, 3.05) is 30.0 Å². The van der Waals surface area contributed by atoms with Gasteiger partial charge in [-0.1, -0.05) is 0 Å². The van der Waals surface area contributed by atoms with Gasteiger partial charge in [-0.05, 0) is 66.7 Å². The molecule has 0 spiro atoms. The van der Waals surface area contributed by atoms with E-state index in [0.29, 0.717) is 11.3 Å². The van der Waals surface area contributed by atoms with Gasteiger partial charge in [0.1, 0.15) is 0 Å². The maximum Gasteiger partial charge on any atom is 0.255 e. The lowest BCUT2D eigenvalue weighted by Crippen LogP contribution is -2.13. The minimum absolute atomic E-state index is 0.143. The zero-order chi connectivity index (χ0) is 19.7. The Bertz CT molecular complexity index is 1130. The number of hydrogen-bond acceptors (Lipinski definition) is 4. The van der Waals surface area contributed by atoms with E-state index in [1.165, 1.54) is 0 Å². The number of nitrogens with two attached hydrogens (primary N) is 1. The predicted molar refractivity (Wildman–Crippen MR) is 114 cm³/mol. The molecule has 0 unspecified atom stereocenters. The van der Waals surface area contributed by atoms with Crippen LogP contribution >= 0.6 is 0 Å². The number of fused-ring (bicyclic) bond motifs is 1. The maximum atomic E-state index is 12.5. The molecule has 6 heteroatoms. The van der Waals surface area contributed by atoms with Crippen molar-refractivity contribution in [3.63, 3.8) is 0 Å². The molecular formula is C22H21N5O. The van der Waals surface area contributed by atoms with Gasteiger partial charge in [-0.15, -0.1) is 0 Å². The number of hydrogen-bond donors (Lipinski definition) is 2. The summed E-state index contributed by atoms with van der Waals surface area (Å²) in [7, 11) is 3.93. The Morgan fingerprint density at radius 1 is 1.00 bits per heavy atom. The molecule has 0 aliphatic heterocycles. The van der Waals surface area contributed by atoms with E-state index < -0.39 is 0 Å². The molecule has 0 atom stereocenters. The van der Waals surface area contributed by atoms with Crippen LogP contribution in [0.25, 0.3) is 16.6 Å². The van der Waals surface area contributed by atoms with Crippen LogP contribution < -0.4 is 16.0 Å². The summed E-state index contributed by atoms with van der Waals surface area (Å²) >= 11 is 0. The van der Waals surface area contributed by atoms with Gasteiger partial charge < -0.3 is 16.0 Å². The van der Waals surface area contributed by atoms with E-state index in [1.54, 1.807) is 6.20 Å². The smallest absolute Gasteiger partial charge is 0.255 e. The molecule has 0 saturated carbocycles. The van der Waals surface area contributed by atoms with Crippen molar-refractivity contribution >= 4 is 33.9 Å². The van der Waals surface area contributed by atoms with E-state index in [-0.39, 0.29) is 5.91 Å². The second kappa shape index (κ2) is 7.08. The van der Waals surface area contributed by atoms with Crippen LogP contribution in [0.3, 0.4) is 0 Å². The molecule has 6 nitrogen and oxygen atoms in total. The van der Waals surface area contributed by atoms with Gasteiger partial charge in [-0.3, -0.25) is 4.79 Å². The highest BCUT2D eigenvalue weighted by Crippen LogP contribution is 2.23. The number of benzene rings is 3. The van der Waals surface area contributed by atoms with Crippen LogP contribution in [0, 0.1) is 0 Å². The molecule has 1 heterocycles. The SMILES string of the molecule is CN(C)c1ccc(C(=O)Nc2ccc3c(cnn3-c3ccc(N)cc3)c2)cc1. The Balaban J connectivity index is 1.56. The van der Waals surface area contributed by atoms with Crippen molar-refractivity contribution in [3.05, 3.63) is 78.5 Å². The molecule has 3 N–H and O–H groups in total. The topological polar surface area (TPSA) is 76.2 Å². The molecule has 0 radical (unpaired) electrons. The highest BCUT2D eigenvalue weighted by atomic mass is 16.1. The standard InChI is InChI=1S/C22H21N5O/c1-26(2)19-8-3-15(4-9-19)22(28)25-18-7-12-21-16(13-18)14-24-27(21)20-10-5-17(23)6-11-20/h3-14H,23H2,1-2H3,(H,25,28). The van der Waals surface area contributed by atoms with E-state index in [9.17, 15) is 4.79 Å². The predicted octanol–water partition coefficient (Wildman–Crippen LogP) is 3.93. The molecule has 0 aliphatic carbocycles. The molecule has 28 heavy (non-hydrogen) atoms. The fraction of sp³-hybridized carbons (Fsp3) is 0.0909. The lowest BCUT2D eigenvalue weighted by Gasteiger charge is -2.12. The molecule has 140 valence electrons.